The molecule has 0 aliphatic rings. The number of para-hydroxylation sites is 2. The van der Waals surface area contributed by atoms with Crippen molar-refractivity contribution < 1.29 is 24.5 Å². The summed E-state index contributed by atoms with van der Waals surface area (Å²) in [4.78, 5) is 50.6. The zero-order chi connectivity index (χ0) is 31.5. The maximum Gasteiger partial charge on any atom is 0.376 e. The molecular weight excluding hydrogens is 572 g/mol. The second-order valence-electron chi connectivity index (χ2n) is 9.85. The largest absolute Gasteiger partial charge is 0.507 e. The van der Waals surface area contributed by atoms with Crippen LogP contribution >= 0.6 is 0 Å². The fourth-order valence-corrected chi connectivity index (χ4v) is 4.54. The Morgan fingerprint density at radius 3 is 1.31 bits per heavy atom. The van der Waals surface area contributed by atoms with Crippen LogP contribution in [0.25, 0.3) is 56.7 Å². The van der Waals surface area contributed by atoms with Gasteiger partial charge in [-0.15, -0.1) is 0 Å². The number of Topliss-reactive ketones (excluding diaryl/α,β-unsaturated/α-hetero) is 1. The molecule has 220 valence electrons. The first-order valence-corrected chi connectivity index (χ1v) is 13.7. The average Bonchev–Trinajstić information content (AvgIpc) is 3.08. The quantitative estimate of drug-likeness (QED) is 0.169. The number of rotatable bonds is 7. The molecule has 0 aliphatic heterocycles. The molecule has 45 heavy (non-hydrogen) atoms. The summed E-state index contributed by atoms with van der Waals surface area (Å²) in [5.74, 6) is -0.407. The number of ether oxygens (including phenoxy) is 1. The molecule has 4 aromatic carbocycles. The number of carbonyl (C=O) groups is 2. The summed E-state index contributed by atoms with van der Waals surface area (Å²) < 4.78 is 4.82. The summed E-state index contributed by atoms with van der Waals surface area (Å²) in [6.45, 7) is 1.38. The highest BCUT2D eigenvalue weighted by Crippen LogP contribution is 2.31. The van der Waals surface area contributed by atoms with Gasteiger partial charge in [-0.25, -0.2) is 34.7 Å². The molecule has 0 saturated heterocycles. The summed E-state index contributed by atoms with van der Waals surface area (Å²) in [7, 11) is 1.24. The molecular formula is C34H24N6O5. The second-order valence-corrected chi connectivity index (χ2v) is 9.85. The first-order chi connectivity index (χ1) is 21.8. The van der Waals surface area contributed by atoms with Crippen LogP contribution in [0.4, 0.5) is 0 Å². The van der Waals surface area contributed by atoms with Crippen LogP contribution in [0, 0.1) is 0 Å². The number of carbonyl (C=O) groups excluding carboxylic acids is 2. The molecule has 0 atom stereocenters. The van der Waals surface area contributed by atoms with Crippen LogP contribution in [0.3, 0.4) is 0 Å². The Morgan fingerprint density at radius 1 is 0.511 bits per heavy atom. The molecule has 0 aliphatic carbocycles. The Kier molecular flexibility index (Phi) is 7.73. The number of hydrogen-bond acceptors (Lipinski definition) is 11. The maximum atomic E-state index is 12.3. The van der Waals surface area contributed by atoms with Crippen LogP contribution in [-0.2, 0) is 4.74 Å². The van der Waals surface area contributed by atoms with Gasteiger partial charge in [0.25, 0.3) is 0 Å². The van der Waals surface area contributed by atoms with Crippen LogP contribution < -0.4 is 0 Å². The highest BCUT2D eigenvalue weighted by Gasteiger charge is 2.19. The molecule has 0 fully saturated rings. The molecule has 2 aromatic heterocycles. The van der Waals surface area contributed by atoms with Gasteiger partial charge in [0.2, 0.25) is 5.82 Å². The standard InChI is InChI=1S/C34H24N6O5/c1-19(41)28-35-29(37-31(36-28)24-7-3-5-9-26(24)42)22-15-11-20(12-16-22)21-13-17-23(18-14-21)30-38-32(25-8-4-6-10-27(25)43)40-33(39-30)34(44)45-2/h3-18,42-43H,1-2H3. The zero-order valence-electron chi connectivity index (χ0n) is 24.0. The average molecular weight is 597 g/mol. The lowest BCUT2D eigenvalue weighted by atomic mass is 10.0. The van der Waals surface area contributed by atoms with E-state index < -0.39 is 5.97 Å². The SMILES string of the molecule is COC(=O)c1nc(-c2ccc(-c3ccc(-c4nc(C(C)=O)nc(-c5ccccc5O)n4)cc3)cc2)nc(-c2ccccc2O)n1. The number of hydrogen-bond donors (Lipinski definition) is 2. The van der Waals surface area contributed by atoms with Gasteiger partial charge in [-0.05, 0) is 35.4 Å². The first-order valence-electron chi connectivity index (χ1n) is 13.7. The van der Waals surface area contributed by atoms with E-state index in [1.54, 1.807) is 36.4 Å². The zero-order valence-corrected chi connectivity index (χ0v) is 24.0. The molecule has 6 aromatic rings. The molecule has 0 radical (unpaired) electrons. The monoisotopic (exact) mass is 596 g/mol. The van der Waals surface area contributed by atoms with E-state index in [1.165, 1.54) is 26.2 Å². The third-order valence-electron chi connectivity index (χ3n) is 6.86. The number of nitrogens with zero attached hydrogens (tertiary/aromatic N) is 6. The summed E-state index contributed by atoms with van der Waals surface area (Å²) in [6.07, 6.45) is 0. The molecule has 11 heteroatoms. The van der Waals surface area contributed by atoms with Crippen LogP contribution in [0.1, 0.15) is 28.2 Å². The summed E-state index contributed by atoms with van der Waals surface area (Å²) in [6, 6.07) is 28.1. The Bertz CT molecular complexity index is 2060. The van der Waals surface area contributed by atoms with E-state index >= 15 is 0 Å². The number of phenols is 2. The Morgan fingerprint density at radius 2 is 0.889 bits per heavy atom. The molecule has 2 heterocycles. The van der Waals surface area contributed by atoms with Crippen molar-refractivity contribution in [3.8, 4) is 68.2 Å². The molecule has 11 nitrogen and oxygen atoms in total. The first kappa shape index (κ1) is 28.7. The minimum absolute atomic E-state index is 0.00256. The van der Waals surface area contributed by atoms with Gasteiger partial charge in [-0.2, -0.15) is 0 Å². The van der Waals surface area contributed by atoms with E-state index in [1.807, 2.05) is 48.5 Å². The van der Waals surface area contributed by atoms with Crippen LogP contribution in [0.5, 0.6) is 11.5 Å². The lowest BCUT2D eigenvalue weighted by Crippen LogP contribution is -2.11. The summed E-state index contributed by atoms with van der Waals surface area (Å²) in [5, 5.41) is 20.6. The number of aromatic hydroxyl groups is 2. The van der Waals surface area contributed by atoms with Crippen molar-refractivity contribution in [1.29, 1.82) is 0 Å². The topological polar surface area (TPSA) is 161 Å². The third-order valence-corrected chi connectivity index (χ3v) is 6.86. The molecule has 0 bridgehead atoms. The number of aromatic nitrogens is 6. The highest BCUT2D eigenvalue weighted by molar-refractivity contribution is 5.91. The molecule has 0 amide bonds. The van der Waals surface area contributed by atoms with E-state index in [4.69, 9.17) is 4.74 Å². The fraction of sp³-hybridized carbons (Fsp3) is 0.0588. The van der Waals surface area contributed by atoms with Crippen LogP contribution in [0.15, 0.2) is 97.1 Å². The highest BCUT2D eigenvalue weighted by atomic mass is 16.5. The minimum atomic E-state index is -0.728. The predicted molar refractivity (Wildman–Crippen MR) is 165 cm³/mol. The Balaban J connectivity index is 1.31. The second kappa shape index (κ2) is 12.1. The number of methoxy groups -OCH3 is 1. The number of esters is 1. The molecule has 6 rings (SSSR count). The van der Waals surface area contributed by atoms with Crippen molar-refractivity contribution in [3.63, 3.8) is 0 Å². The van der Waals surface area contributed by atoms with E-state index in [0.29, 0.717) is 28.1 Å². The lowest BCUT2D eigenvalue weighted by Gasteiger charge is -2.09. The Hall–Kier alpha value is -6.36. The maximum absolute atomic E-state index is 12.3. The van der Waals surface area contributed by atoms with Gasteiger partial charge in [0.15, 0.2) is 34.9 Å². The number of phenolic OH excluding ortho intramolecular Hbond substituents is 2. The van der Waals surface area contributed by atoms with Crippen molar-refractivity contribution in [2.75, 3.05) is 7.11 Å². The lowest BCUT2D eigenvalue weighted by molar-refractivity contribution is 0.0586. The van der Waals surface area contributed by atoms with Gasteiger partial charge in [-0.1, -0.05) is 72.8 Å². The smallest absolute Gasteiger partial charge is 0.376 e. The normalized spacial score (nSPS) is 10.8. The van der Waals surface area contributed by atoms with Crippen molar-refractivity contribution in [1.82, 2.24) is 29.9 Å². The fourth-order valence-electron chi connectivity index (χ4n) is 4.54. The van der Waals surface area contributed by atoms with Gasteiger partial charge in [0.1, 0.15) is 11.5 Å². The van der Waals surface area contributed by atoms with E-state index in [9.17, 15) is 19.8 Å². The van der Waals surface area contributed by atoms with Crippen molar-refractivity contribution >= 4 is 11.8 Å². The summed E-state index contributed by atoms with van der Waals surface area (Å²) >= 11 is 0. The van der Waals surface area contributed by atoms with Gasteiger partial charge in [0, 0.05) is 18.1 Å². The Labute approximate surface area is 257 Å². The van der Waals surface area contributed by atoms with E-state index in [0.717, 1.165) is 11.1 Å². The van der Waals surface area contributed by atoms with Crippen molar-refractivity contribution in [2.24, 2.45) is 0 Å². The van der Waals surface area contributed by atoms with Gasteiger partial charge >= 0.3 is 5.97 Å². The summed E-state index contributed by atoms with van der Waals surface area (Å²) in [5.41, 5.74) is 3.82. The minimum Gasteiger partial charge on any atom is -0.507 e. The van der Waals surface area contributed by atoms with E-state index in [-0.39, 0.29) is 46.4 Å². The van der Waals surface area contributed by atoms with Crippen molar-refractivity contribution in [3.05, 3.63) is 109 Å². The molecule has 0 unspecified atom stereocenters. The van der Waals surface area contributed by atoms with Gasteiger partial charge in [0.05, 0.1) is 18.2 Å². The third kappa shape index (κ3) is 5.95. The predicted octanol–water partition coefficient (Wildman–Crippen LogP) is 5.79. The molecule has 0 saturated carbocycles. The van der Waals surface area contributed by atoms with Crippen molar-refractivity contribution in [2.45, 2.75) is 6.92 Å². The van der Waals surface area contributed by atoms with E-state index in [2.05, 4.69) is 29.9 Å². The van der Waals surface area contributed by atoms with Gasteiger partial charge in [-0.3, -0.25) is 4.79 Å². The van der Waals surface area contributed by atoms with Crippen LogP contribution in [-0.4, -0.2) is 59.0 Å². The molecule has 0 spiro atoms. The van der Waals surface area contributed by atoms with Crippen LogP contribution in [0.2, 0.25) is 0 Å². The number of ketones is 1. The van der Waals surface area contributed by atoms with Gasteiger partial charge < -0.3 is 14.9 Å². The number of benzene rings is 4. The molecule has 2 N–H and O–H groups in total.